The van der Waals surface area contributed by atoms with E-state index in [-0.39, 0.29) is 11.8 Å². The number of carbonyl (C=O) groups excluding carboxylic acids is 1. The molecule has 0 spiro atoms. The molecule has 4 rings (SSSR count). The third-order valence-electron chi connectivity index (χ3n) is 4.83. The van der Waals surface area contributed by atoms with Gasteiger partial charge in [-0.2, -0.15) is 0 Å². The summed E-state index contributed by atoms with van der Waals surface area (Å²) in [5.74, 6) is 0.562. The number of carbonyl (C=O) groups is 1. The summed E-state index contributed by atoms with van der Waals surface area (Å²) in [6.07, 6.45) is 5.50. The van der Waals surface area contributed by atoms with Crippen molar-refractivity contribution in [3.05, 3.63) is 65.3 Å². The number of rotatable bonds is 4. The van der Waals surface area contributed by atoms with Crippen molar-refractivity contribution in [2.24, 2.45) is 5.92 Å². The highest BCUT2D eigenvalue weighted by Gasteiger charge is 2.30. The normalized spacial score (nSPS) is 13.6. The van der Waals surface area contributed by atoms with E-state index in [0.717, 1.165) is 40.3 Å². The fourth-order valence-electron chi connectivity index (χ4n) is 3.08. The number of aromatic nitrogens is 1. The van der Waals surface area contributed by atoms with Crippen LogP contribution >= 0.6 is 11.6 Å². The SMILES string of the molecule is C=Cc1ccc(C)c(-c2ccc3c(Cl)c(NC(=O)C4CC4)ncc3c2)c1. The van der Waals surface area contributed by atoms with E-state index in [4.69, 9.17) is 11.6 Å². The Balaban J connectivity index is 1.74. The van der Waals surface area contributed by atoms with Crippen LogP contribution in [0.5, 0.6) is 0 Å². The van der Waals surface area contributed by atoms with Crippen LogP contribution in [0, 0.1) is 12.8 Å². The molecule has 0 saturated heterocycles. The summed E-state index contributed by atoms with van der Waals surface area (Å²) >= 11 is 6.50. The van der Waals surface area contributed by atoms with Crippen molar-refractivity contribution in [3.63, 3.8) is 0 Å². The van der Waals surface area contributed by atoms with E-state index in [1.54, 1.807) is 6.20 Å². The Morgan fingerprint density at radius 2 is 2.08 bits per heavy atom. The molecule has 1 aromatic heterocycles. The maximum absolute atomic E-state index is 12.0. The van der Waals surface area contributed by atoms with Gasteiger partial charge in [-0.1, -0.05) is 48.5 Å². The van der Waals surface area contributed by atoms with Gasteiger partial charge in [0, 0.05) is 22.9 Å². The van der Waals surface area contributed by atoms with Crippen LogP contribution in [0.3, 0.4) is 0 Å². The molecule has 1 fully saturated rings. The Kier molecular flexibility index (Phi) is 4.25. The monoisotopic (exact) mass is 362 g/mol. The first-order valence-electron chi connectivity index (χ1n) is 8.69. The lowest BCUT2D eigenvalue weighted by atomic mass is 9.96. The van der Waals surface area contributed by atoms with Gasteiger partial charge in [0.2, 0.25) is 5.91 Å². The lowest BCUT2D eigenvalue weighted by Crippen LogP contribution is -2.14. The van der Waals surface area contributed by atoms with Crippen molar-refractivity contribution in [2.75, 3.05) is 5.32 Å². The molecular weight excluding hydrogens is 344 g/mol. The standard InChI is InChI=1S/C22H19ClN2O/c1-3-14-5-4-13(2)19(10-14)16-8-9-18-17(11-16)12-24-21(20(18)23)25-22(26)15-6-7-15/h3-5,8-12,15H,1,6-7H2,2H3,(H,24,25,26). The van der Waals surface area contributed by atoms with Gasteiger partial charge in [-0.15, -0.1) is 0 Å². The Bertz CT molecular complexity index is 1040. The Morgan fingerprint density at radius 3 is 2.81 bits per heavy atom. The van der Waals surface area contributed by atoms with Gasteiger partial charge in [-0.05, 0) is 54.2 Å². The van der Waals surface area contributed by atoms with Crippen molar-refractivity contribution in [1.82, 2.24) is 4.98 Å². The highest BCUT2D eigenvalue weighted by atomic mass is 35.5. The molecule has 0 unspecified atom stereocenters. The molecular formula is C22H19ClN2O. The zero-order valence-electron chi connectivity index (χ0n) is 14.6. The fraction of sp³-hybridized carbons (Fsp3) is 0.182. The molecule has 2 aromatic carbocycles. The molecule has 0 atom stereocenters. The summed E-state index contributed by atoms with van der Waals surface area (Å²) in [4.78, 5) is 16.3. The highest BCUT2D eigenvalue weighted by Crippen LogP contribution is 2.35. The molecule has 3 nitrogen and oxygen atoms in total. The molecule has 4 heteroatoms. The first kappa shape index (κ1) is 16.8. The van der Waals surface area contributed by atoms with Gasteiger partial charge in [0.1, 0.15) is 0 Å². The topological polar surface area (TPSA) is 42.0 Å². The van der Waals surface area contributed by atoms with E-state index in [9.17, 15) is 4.79 Å². The molecule has 130 valence electrons. The van der Waals surface area contributed by atoms with Gasteiger partial charge in [0.05, 0.1) is 5.02 Å². The van der Waals surface area contributed by atoms with Crippen molar-refractivity contribution < 1.29 is 4.79 Å². The van der Waals surface area contributed by atoms with Crippen molar-refractivity contribution in [1.29, 1.82) is 0 Å². The molecule has 3 aromatic rings. The average molecular weight is 363 g/mol. The van der Waals surface area contributed by atoms with Crippen molar-refractivity contribution in [3.8, 4) is 11.1 Å². The Hall–Kier alpha value is -2.65. The first-order valence-corrected chi connectivity index (χ1v) is 9.07. The minimum Gasteiger partial charge on any atom is -0.309 e. The number of aryl methyl sites for hydroxylation is 1. The van der Waals surface area contributed by atoms with Gasteiger partial charge in [-0.3, -0.25) is 4.79 Å². The summed E-state index contributed by atoms with van der Waals surface area (Å²) in [5.41, 5.74) is 4.54. The van der Waals surface area contributed by atoms with Crippen LogP contribution in [0.4, 0.5) is 5.82 Å². The van der Waals surface area contributed by atoms with Gasteiger partial charge >= 0.3 is 0 Å². The van der Waals surface area contributed by atoms with Crippen LogP contribution < -0.4 is 5.32 Å². The Labute approximate surface area is 157 Å². The van der Waals surface area contributed by atoms with Crippen LogP contribution in [0.25, 0.3) is 28.0 Å². The summed E-state index contributed by atoms with van der Waals surface area (Å²) in [6.45, 7) is 5.94. The molecule has 0 bridgehead atoms. The summed E-state index contributed by atoms with van der Waals surface area (Å²) in [6, 6.07) is 12.4. The maximum Gasteiger partial charge on any atom is 0.228 e. The predicted octanol–water partition coefficient (Wildman–Crippen LogP) is 5.86. The number of pyridine rings is 1. The number of nitrogens with zero attached hydrogens (tertiary/aromatic N) is 1. The number of amides is 1. The molecule has 1 aliphatic rings. The number of fused-ring (bicyclic) bond motifs is 1. The zero-order valence-corrected chi connectivity index (χ0v) is 15.3. The van der Waals surface area contributed by atoms with Gasteiger partial charge in [0.15, 0.2) is 5.82 Å². The second-order valence-electron chi connectivity index (χ2n) is 6.76. The van der Waals surface area contributed by atoms with Crippen LogP contribution in [-0.2, 0) is 4.79 Å². The predicted molar refractivity (Wildman–Crippen MR) is 108 cm³/mol. The van der Waals surface area contributed by atoms with Crippen LogP contribution in [-0.4, -0.2) is 10.9 Å². The van der Waals surface area contributed by atoms with Gasteiger partial charge < -0.3 is 5.32 Å². The third-order valence-corrected chi connectivity index (χ3v) is 5.21. The second-order valence-corrected chi connectivity index (χ2v) is 7.14. The number of nitrogens with one attached hydrogen (secondary N) is 1. The number of hydrogen-bond donors (Lipinski definition) is 1. The quantitative estimate of drug-likeness (QED) is 0.632. The number of halogens is 1. The van der Waals surface area contributed by atoms with Crippen molar-refractivity contribution in [2.45, 2.75) is 19.8 Å². The smallest absolute Gasteiger partial charge is 0.228 e. The van der Waals surface area contributed by atoms with E-state index < -0.39 is 0 Å². The minimum atomic E-state index is 0.00670. The molecule has 1 N–H and O–H groups in total. The number of benzene rings is 2. The average Bonchev–Trinajstić information content (AvgIpc) is 3.49. The molecule has 0 aliphatic heterocycles. The summed E-state index contributed by atoms with van der Waals surface area (Å²) < 4.78 is 0. The summed E-state index contributed by atoms with van der Waals surface area (Å²) in [7, 11) is 0. The fourth-order valence-corrected chi connectivity index (χ4v) is 3.35. The lowest BCUT2D eigenvalue weighted by molar-refractivity contribution is -0.117. The molecule has 26 heavy (non-hydrogen) atoms. The summed E-state index contributed by atoms with van der Waals surface area (Å²) in [5, 5.41) is 5.16. The minimum absolute atomic E-state index is 0.00670. The third kappa shape index (κ3) is 3.11. The van der Waals surface area contributed by atoms with E-state index in [1.165, 1.54) is 5.56 Å². The maximum atomic E-state index is 12.0. The highest BCUT2D eigenvalue weighted by molar-refractivity contribution is 6.38. The van der Waals surface area contributed by atoms with Gasteiger partial charge in [0.25, 0.3) is 0 Å². The molecule has 1 saturated carbocycles. The van der Waals surface area contributed by atoms with Crippen molar-refractivity contribution >= 4 is 40.2 Å². The van der Waals surface area contributed by atoms with E-state index in [2.05, 4.69) is 54.1 Å². The number of hydrogen-bond acceptors (Lipinski definition) is 2. The molecule has 1 heterocycles. The molecule has 1 aliphatic carbocycles. The van der Waals surface area contributed by atoms with Crippen LogP contribution in [0.2, 0.25) is 5.02 Å². The lowest BCUT2D eigenvalue weighted by Gasteiger charge is -2.11. The van der Waals surface area contributed by atoms with Gasteiger partial charge in [-0.25, -0.2) is 4.98 Å². The van der Waals surface area contributed by atoms with Crippen LogP contribution in [0.1, 0.15) is 24.0 Å². The molecule has 0 radical (unpaired) electrons. The number of anilines is 1. The van der Waals surface area contributed by atoms with Crippen LogP contribution in [0.15, 0.2) is 49.2 Å². The zero-order chi connectivity index (χ0) is 18.3. The van der Waals surface area contributed by atoms with E-state index in [1.807, 2.05) is 12.1 Å². The van der Waals surface area contributed by atoms with E-state index >= 15 is 0 Å². The first-order chi connectivity index (χ1) is 12.6. The molecule has 1 amide bonds. The van der Waals surface area contributed by atoms with E-state index in [0.29, 0.717) is 10.8 Å². The largest absolute Gasteiger partial charge is 0.309 e. The second kappa shape index (κ2) is 6.58. The Morgan fingerprint density at radius 1 is 1.27 bits per heavy atom.